The van der Waals surface area contributed by atoms with Crippen molar-refractivity contribution in [3.8, 4) is 89.4 Å². The molecule has 0 bridgehead atoms. The molecule has 1 N–H and O–H groups in total. The molecule has 0 saturated heterocycles. The van der Waals surface area contributed by atoms with E-state index in [2.05, 4.69) is 141 Å². The fourth-order valence-electron chi connectivity index (χ4n) is 13.0. The van der Waals surface area contributed by atoms with E-state index in [0.29, 0.717) is 5.56 Å². The maximum absolute atomic E-state index is 13.2. The number of aliphatic hydroxyl groups is 1. The van der Waals surface area contributed by atoms with Gasteiger partial charge in [-0.2, -0.15) is 0 Å². The van der Waals surface area contributed by atoms with Crippen molar-refractivity contribution in [2.45, 2.75) is 79.6 Å². The number of aromatic nitrogens is 8. The first kappa shape index (κ1) is 97.6. The fraction of sp³-hybridized carbons (Fsp3) is 0.135. The molecule has 0 atom stereocenters. The third kappa shape index (κ3) is 28.0. The first-order chi connectivity index (χ1) is 57.0. The predicted molar refractivity (Wildman–Crippen MR) is 483 cm³/mol. The van der Waals surface area contributed by atoms with Gasteiger partial charge < -0.3 is 39.3 Å². The van der Waals surface area contributed by atoms with Crippen molar-refractivity contribution in [2.24, 2.45) is 0 Å². The van der Waals surface area contributed by atoms with Crippen molar-refractivity contribution in [3.05, 3.63) is 416 Å². The second-order valence-corrected chi connectivity index (χ2v) is 29.7. The van der Waals surface area contributed by atoms with Crippen LogP contribution in [0.25, 0.3) is 111 Å². The van der Waals surface area contributed by atoms with E-state index in [4.69, 9.17) is 14.5 Å². The number of carbonyl (C=O) groups is 1. The van der Waals surface area contributed by atoms with Gasteiger partial charge in [0.05, 0.1) is 32.9 Å². The number of aryl methyl sites for hydroxylation is 1. The fourth-order valence-corrected chi connectivity index (χ4v) is 14.0. The molecule has 122 heavy (non-hydrogen) atoms. The van der Waals surface area contributed by atoms with Crippen LogP contribution in [0, 0.1) is 37.3 Å². The molecule has 0 amide bonds. The van der Waals surface area contributed by atoms with Crippen LogP contribution in [-0.4, -0.2) is 63.9 Å². The monoisotopic (exact) mass is 2330 g/mol. The van der Waals surface area contributed by atoms with Gasteiger partial charge in [-0.15, -0.1) is 190 Å². The SMILES string of the molecule is C.CC(=O)C=C(C)O.CC1(C)CCN2CCC(C)(C)c3c2c1cc1cc(-c2nc4ccccc4s2)c(=O)oc31.Cc1ccnc(-c2[c-]cccc2)c1.[Ir].[Ir].[Ir].[Ir].[c-]1ccc(-c2ccccc2)cc1-c1ccccn1.[c-]1ccccc1-c1ccccn1.[c-]1ccccc1-c1ccccn1.[c-]1ccccc1-c1ccccn1.c1ccc(-c2ccccn2)nc1. The molecule has 0 spiro atoms. The van der Waals surface area contributed by atoms with Crippen molar-refractivity contribution in [3.63, 3.8) is 0 Å². The number of thiazole rings is 1. The zero-order chi connectivity index (χ0) is 81.6. The number of rotatable bonds is 9. The van der Waals surface area contributed by atoms with Crippen molar-refractivity contribution in [1.82, 2.24) is 39.9 Å². The molecule has 17 aromatic rings. The predicted octanol–water partition coefficient (Wildman–Crippen LogP) is 24.8. The molecule has 18 heteroatoms. The normalized spacial score (nSPS) is 11.9. The molecule has 624 valence electrons. The van der Waals surface area contributed by atoms with Gasteiger partial charge in [-0.1, -0.05) is 150 Å². The van der Waals surface area contributed by atoms with E-state index in [1.807, 2.05) is 273 Å². The minimum atomic E-state index is -0.300. The minimum Gasteiger partial charge on any atom is -0.512 e. The average Bonchev–Trinajstić information content (AvgIpc) is 0.800. The van der Waals surface area contributed by atoms with Crippen LogP contribution < -0.4 is 10.5 Å². The molecule has 0 saturated carbocycles. The van der Waals surface area contributed by atoms with Crippen molar-refractivity contribution < 1.29 is 94.7 Å². The minimum absolute atomic E-state index is 0. The van der Waals surface area contributed by atoms with Gasteiger partial charge in [0.1, 0.15) is 10.6 Å². The maximum atomic E-state index is 13.2. The summed E-state index contributed by atoms with van der Waals surface area (Å²) in [4.78, 5) is 60.1. The Morgan fingerprint density at radius 1 is 0.434 bits per heavy atom. The summed E-state index contributed by atoms with van der Waals surface area (Å²) in [5.74, 6) is -0.0625. The summed E-state index contributed by atoms with van der Waals surface area (Å²) in [6.07, 6.45) is 15.9. The van der Waals surface area contributed by atoms with E-state index in [1.165, 1.54) is 53.4 Å². The van der Waals surface area contributed by atoms with Crippen LogP contribution in [0.15, 0.2) is 368 Å². The number of fused-ring (bicyclic) bond motifs is 3. The molecule has 9 aromatic heterocycles. The standard InChI is InChI=1S/C26H26N2O2S.C17H12N.C12H10N.3C11H8N.C10H8N2.C5H8O2.CH4.4Ir/c1-25(2)9-11-28-12-10-26(3,4)20-21(28)17(25)14-15-13-16(24(29)30-22(15)20)23-27-18-7-5-6-8-19(18)31-23;1-2-7-14(8-3-1)15-9-6-10-16(13-15)17-11-4-5-12-18-17;1-10-7-8-13-12(9-10)11-5-3-2-4-6-11;3*1-2-6-10(7-3-1)11-8-4-5-9-12-11;1-3-7-11-9(5-1)10-6-2-4-8-12-10;1-4(6)3-5(2)7;;;;;/h5-8,13-14H,9-12H2,1-4H3;1-9,11-13H;2-5,7-9H,1H3;3*1-6,8-9H;1-8H;3,6H,1-2H3;1H4;;;;/q;5*-1;;;;;;;. The Morgan fingerprint density at radius 3 is 1.26 bits per heavy atom. The third-order valence-corrected chi connectivity index (χ3v) is 20.0. The van der Waals surface area contributed by atoms with Crippen molar-refractivity contribution in [1.29, 1.82) is 0 Å². The van der Waals surface area contributed by atoms with Gasteiger partial charge in [-0.25, -0.2) is 9.78 Å². The summed E-state index contributed by atoms with van der Waals surface area (Å²) in [5.41, 5.74) is 21.3. The smallest absolute Gasteiger partial charge is 0.346 e. The number of benzene rings is 8. The second-order valence-electron chi connectivity index (χ2n) is 28.6. The number of hydrogen-bond acceptors (Lipinski definition) is 14. The van der Waals surface area contributed by atoms with Gasteiger partial charge in [-0.05, 0) is 163 Å². The van der Waals surface area contributed by atoms with E-state index in [0.717, 1.165) is 120 Å². The molecule has 8 aromatic carbocycles. The van der Waals surface area contributed by atoms with Crippen molar-refractivity contribution in [2.75, 3.05) is 18.0 Å². The van der Waals surface area contributed by atoms with Crippen LogP contribution in [0.3, 0.4) is 0 Å². The van der Waals surface area contributed by atoms with Gasteiger partial charge >= 0.3 is 5.63 Å². The Morgan fingerprint density at radius 2 is 0.844 bits per heavy atom. The summed E-state index contributed by atoms with van der Waals surface area (Å²) < 4.78 is 7.18. The van der Waals surface area contributed by atoms with E-state index >= 15 is 0 Å². The number of nitrogens with zero attached hydrogens (tertiary/aromatic N) is 9. The van der Waals surface area contributed by atoms with Crippen LogP contribution in [0.4, 0.5) is 5.69 Å². The number of aliphatic hydroxyl groups excluding tert-OH is 1. The molecule has 13 nitrogen and oxygen atoms in total. The number of anilines is 1. The molecule has 0 unspecified atom stereocenters. The summed E-state index contributed by atoms with van der Waals surface area (Å²) in [7, 11) is 0. The average molecular weight is 2330 g/mol. The maximum Gasteiger partial charge on any atom is 0.346 e. The quantitative estimate of drug-likeness (QED) is 0.0626. The number of pyridine rings is 7. The van der Waals surface area contributed by atoms with Gasteiger partial charge in [0.15, 0.2) is 5.78 Å². The molecule has 0 aliphatic carbocycles. The molecular weight excluding hydrogens is 2240 g/mol. The van der Waals surface area contributed by atoms with Gasteiger partial charge in [0.2, 0.25) is 0 Å². The first-order valence-corrected chi connectivity index (χ1v) is 39.3. The summed E-state index contributed by atoms with van der Waals surface area (Å²) in [6, 6.07) is 115. The largest absolute Gasteiger partial charge is 0.512 e. The van der Waals surface area contributed by atoms with E-state index in [9.17, 15) is 9.59 Å². The molecule has 2 aliphatic rings. The number of carbonyl (C=O) groups excluding carboxylic acids is 1. The van der Waals surface area contributed by atoms with Gasteiger partial charge in [-0.3, -0.25) is 14.8 Å². The summed E-state index contributed by atoms with van der Waals surface area (Å²) in [6.45, 7) is 16.3. The Hall–Kier alpha value is -11.5. The van der Waals surface area contributed by atoms with Gasteiger partial charge in [0.25, 0.3) is 0 Å². The van der Waals surface area contributed by atoms with Crippen LogP contribution in [0.1, 0.15) is 78.5 Å². The number of allylic oxidation sites excluding steroid dienone is 2. The topological polar surface area (TPSA) is 174 Å². The Balaban J connectivity index is 0.000000199. The van der Waals surface area contributed by atoms with Crippen molar-refractivity contribution >= 4 is 44.0 Å². The Kier molecular flexibility index (Phi) is 39.6. The first-order valence-electron chi connectivity index (χ1n) is 38.5. The van der Waals surface area contributed by atoms with Crippen LogP contribution in [0.5, 0.6) is 0 Å². The van der Waals surface area contributed by atoms with Crippen LogP contribution in [-0.2, 0) is 96.0 Å². The van der Waals surface area contributed by atoms with Gasteiger partial charge in [0, 0.05) is 160 Å². The zero-order valence-corrected chi connectivity index (χ0v) is 78.2. The zero-order valence-electron chi connectivity index (χ0n) is 67.8. The number of hydrogen-bond donors (Lipinski definition) is 1. The molecule has 19 rings (SSSR count). The molecule has 4 radical (unpaired) electrons. The summed E-state index contributed by atoms with van der Waals surface area (Å²) >= 11 is 1.54. The van der Waals surface area contributed by atoms with Crippen LogP contribution >= 0.6 is 11.3 Å². The molecular formula is C104H92Ir4N9O4S-5. The van der Waals surface area contributed by atoms with E-state index in [-0.39, 0.29) is 116 Å². The second kappa shape index (κ2) is 49.4. The van der Waals surface area contributed by atoms with E-state index < -0.39 is 0 Å². The molecule has 0 fully saturated rings. The third-order valence-electron chi connectivity index (χ3n) is 19.0. The van der Waals surface area contributed by atoms with E-state index in [1.54, 1.807) is 48.5 Å². The number of ketones is 1. The molecule has 2 aliphatic heterocycles. The van der Waals surface area contributed by atoms with Crippen LogP contribution in [0.2, 0.25) is 0 Å². The number of para-hydroxylation sites is 1. The molecule has 11 heterocycles. The summed E-state index contributed by atoms with van der Waals surface area (Å²) in [5, 5.41) is 10.1. The Bertz CT molecular complexity index is 5500. The Labute approximate surface area is 774 Å².